The van der Waals surface area contributed by atoms with Crippen LogP contribution in [-0.2, 0) is 0 Å². The predicted molar refractivity (Wildman–Crippen MR) is 49.6 cm³/mol. The van der Waals surface area contributed by atoms with Crippen molar-refractivity contribution < 1.29 is 0 Å². The Morgan fingerprint density at radius 1 is 1.62 bits per heavy atom. The van der Waals surface area contributed by atoms with Crippen LogP contribution in [0.1, 0.15) is 6.92 Å². The second-order valence-corrected chi connectivity index (χ2v) is 3.91. The van der Waals surface area contributed by atoms with Gasteiger partial charge in [0.25, 0.3) is 0 Å². The molecule has 0 rings (SSSR count). The van der Waals surface area contributed by atoms with E-state index in [1.54, 1.807) is 0 Å². The van der Waals surface area contributed by atoms with Crippen molar-refractivity contribution in [3.8, 4) is 0 Å². The average Bonchev–Trinajstić information content (AvgIpc) is 1.83. The van der Waals surface area contributed by atoms with Crippen LogP contribution in [0.15, 0.2) is 0 Å². The van der Waals surface area contributed by atoms with Crippen molar-refractivity contribution >= 4 is 37.0 Å². The summed E-state index contributed by atoms with van der Waals surface area (Å²) in [4.78, 5) is 0. The number of hydrogen-bond acceptors (Lipinski definition) is 3. The van der Waals surface area contributed by atoms with Crippen LogP contribution in [0, 0.1) is 0 Å². The molecule has 1 atom stereocenters. The molecule has 0 saturated carbocycles. The molecule has 1 unspecified atom stereocenters. The highest BCUT2D eigenvalue weighted by Gasteiger charge is 1.96. The zero-order valence-electron chi connectivity index (χ0n) is 5.00. The highest BCUT2D eigenvalue weighted by Crippen LogP contribution is 2.07. The Balaban J connectivity index is 2.86. The summed E-state index contributed by atoms with van der Waals surface area (Å²) >= 11 is 10.3. The van der Waals surface area contributed by atoms with Gasteiger partial charge in [-0.3, -0.25) is 0 Å². The van der Waals surface area contributed by atoms with Crippen molar-refractivity contribution in [1.82, 2.24) is 0 Å². The van der Waals surface area contributed by atoms with Crippen LogP contribution in [0.3, 0.4) is 0 Å². The van der Waals surface area contributed by atoms with Gasteiger partial charge in [-0.05, 0) is 5.75 Å². The van der Waals surface area contributed by atoms with Crippen molar-refractivity contribution in [2.24, 2.45) is 0 Å². The van der Waals surface area contributed by atoms with E-state index in [1.807, 2.05) is 11.8 Å². The van der Waals surface area contributed by atoms with Gasteiger partial charge in [0, 0.05) is 16.8 Å². The average molecular weight is 168 g/mol. The van der Waals surface area contributed by atoms with Gasteiger partial charge in [0.2, 0.25) is 0 Å². The zero-order chi connectivity index (χ0) is 6.41. The molecule has 0 aromatic heterocycles. The molecule has 0 aliphatic rings. The van der Waals surface area contributed by atoms with Gasteiger partial charge in [-0.1, -0.05) is 6.92 Å². The molecule has 50 valence electrons. The van der Waals surface area contributed by atoms with Crippen molar-refractivity contribution in [1.29, 1.82) is 0 Å². The zero-order valence-corrected chi connectivity index (χ0v) is 7.61. The van der Waals surface area contributed by atoms with Gasteiger partial charge in [0.1, 0.15) is 0 Å². The molecule has 8 heavy (non-hydrogen) atoms. The molecule has 0 bridgehead atoms. The molecular formula is C5H12S3. The Labute approximate surface area is 66.6 Å². The van der Waals surface area contributed by atoms with E-state index in [9.17, 15) is 0 Å². The van der Waals surface area contributed by atoms with E-state index in [4.69, 9.17) is 0 Å². The minimum Gasteiger partial charge on any atom is -0.178 e. The molecule has 0 aromatic rings. The second-order valence-electron chi connectivity index (χ2n) is 1.50. The molecule has 0 fully saturated rings. The van der Waals surface area contributed by atoms with E-state index in [-0.39, 0.29) is 0 Å². The first-order valence-electron chi connectivity index (χ1n) is 2.68. The van der Waals surface area contributed by atoms with Crippen LogP contribution in [0.5, 0.6) is 0 Å². The number of rotatable bonds is 4. The van der Waals surface area contributed by atoms with Crippen LogP contribution in [0.25, 0.3) is 0 Å². The van der Waals surface area contributed by atoms with E-state index < -0.39 is 0 Å². The lowest BCUT2D eigenvalue weighted by Crippen LogP contribution is -2.03. The number of thiol groups is 2. The van der Waals surface area contributed by atoms with Crippen molar-refractivity contribution in [2.75, 3.05) is 17.3 Å². The molecule has 0 aliphatic heterocycles. The molecule has 0 amide bonds. The summed E-state index contributed by atoms with van der Waals surface area (Å²) < 4.78 is 0. The fourth-order valence-electron chi connectivity index (χ4n) is 0.307. The van der Waals surface area contributed by atoms with Crippen molar-refractivity contribution in [3.05, 3.63) is 0 Å². The fraction of sp³-hybridized carbons (Fsp3) is 1.00. The minimum absolute atomic E-state index is 0.475. The number of hydrogen-bond donors (Lipinski definition) is 2. The van der Waals surface area contributed by atoms with Crippen LogP contribution < -0.4 is 0 Å². The summed E-state index contributed by atoms with van der Waals surface area (Å²) in [5.41, 5.74) is 0. The van der Waals surface area contributed by atoms with Gasteiger partial charge >= 0.3 is 0 Å². The molecule has 0 aliphatic carbocycles. The van der Waals surface area contributed by atoms with E-state index in [2.05, 4.69) is 32.2 Å². The van der Waals surface area contributed by atoms with Crippen molar-refractivity contribution in [3.63, 3.8) is 0 Å². The molecule has 0 spiro atoms. The first-order chi connectivity index (χ1) is 3.81. The molecule has 0 nitrogen and oxygen atoms in total. The van der Waals surface area contributed by atoms with Gasteiger partial charge in [-0.2, -0.15) is 37.0 Å². The summed E-state index contributed by atoms with van der Waals surface area (Å²) in [6.07, 6.45) is 0. The second kappa shape index (κ2) is 6.17. The van der Waals surface area contributed by atoms with Crippen molar-refractivity contribution in [2.45, 2.75) is 12.2 Å². The number of thioether (sulfide) groups is 1. The topological polar surface area (TPSA) is 0 Å². The largest absolute Gasteiger partial charge is 0.178 e. The summed E-state index contributed by atoms with van der Waals surface area (Å²) in [6, 6.07) is 0. The Morgan fingerprint density at radius 3 is 2.62 bits per heavy atom. The standard InChI is InChI=1S/C5H12S3/c1-2-8-4-5(7)3-6/h5-7H,2-4H2,1H3. The Bertz CT molecular complexity index is 46.9. The van der Waals surface area contributed by atoms with Gasteiger partial charge in [0.05, 0.1) is 0 Å². The molecule has 0 aromatic carbocycles. The molecule has 0 heterocycles. The fourth-order valence-corrected chi connectivity index (χ4v) is 1.55. The summed E-state index contributed by atoms with van der Waals surface area (Å²) in [5.74, 6) is 3.20. The van der Waals surface area contributed by atoms with Crippen LogP contribution in [0.4, 0.5) is 0 Å². The van der Waals surface area contributed by atoms with Gasteiger partial charge < -0.3 is 0 Å². The molecular weight excluding hydrogens is 156 g/mol. The first-order valence-corrected chi connectivity index (χ1v) is 4.98. The van der Waals surface area contributed by atoms with Gasteiger partial charge in [0.15, 0.2) is 0 Å². The molecule has 0 N–H and O–H groups in total. The highest BCUT2D eigenvalue weighted by atomic mass is 32.2. The summed E-state index contributed by atoms with van der Waals surface area (Å²) in [5, 5.41) is 0.475. The molecule has 0 radical (unpaired) electrons. The Hall–Kier alpha value is 1.05. The third kappa shape index (κ3) is 5.19. The lowest BCUT2D eigenvalue weighted by molar-refractivity contribution is 1.16. The molecule has 3 heteroatoms. The maximum atomic E-state index is 4.27. The SMILES string of the molecule is CCSCC(S)CS. The van der Waals surface area contributed by atoms with Crippen LogP contribution >= 0.6 is 37.0 Å². The van der Waals surface area contributed by atoms with E-state index >= 15 is 0 Å². The molecule has 0 saturated heterocycles. The third-order valence-electron chi connectivity index (χ3n) is 0.725. The van der Waals surface area contributed by atoms with Crippen LogP contribution in [0.2, 0.25) is 0 Å². The lowest BCUT2D eigenvalue weighted by Gasteiger charge is -2.03. The quantitative estimate of drug-likeness (QED) is 0.605. The van der Waals surface area contributed by atoms with E-state index in [1.165, 1.54) is 5.75 Å². The maximum Gasteiger partial charge on any atom is 0.0196 e. The highest BCUT2D eigenvalue weighted by molar-refractivity contribution is 8.00. The first kappa shape index (κ1) is 9.05. The summed E-state index contributed by atoms with van der Waals surface area (Å²) in [7, 11) is 0. The normalized spacial score (nSPS) is 13.9. The van der Waals surface area contributed by atoms with E-state index in [0.717, 1.165) is 11.5 Å². The maximum absolute atomic E-state index is 4.27. The van der Waals surface area contributed by atoms with Gasteiger partial charge in [-0.15, -0.1) is 0 Å². The van der Waals surface area contributed by atoms with Crippen LogP contribution in [-0.4, -0.2) is 22.5 Å². The minimum atomic E-state index is 0.475. The third-order valence-corrected chi connectivity index (χ3v) is 3.11. The van der Waals surface area contributed by atoms with Gasteiger partial charge in [-0.25, -0.2) is 0 Å². The lowest BCUT2D eigenvalue weighted by atomic mass is 10.6. The predicted octanol–water partition coefficient (Wildman–Crippen LogP) is 1.97. The summed E-state index contributed by atoms with van der Waals surface area (Å²) in [6.45, 7) is 2.16. The Kier molecular flexibility index (Phi) is 6.98. The van der Waals surface area contributed by atoms with E-state index in [0.29, 0.717) is 5.25 Å². The smallest absolute Gasteiger partial charge is 0.0196 e. The Morgan fingerprint density at radius 2 is 2.25 bits per heavy atom. The monoisotopic (exact) mass is 168 g/mol.